The number of pyridine rings is 1. The summed E-state index contributed by atoms with van der Waals surface area (Å²) in [6, 6.07) is 14.6. The summed E-state index contributed by atoms with van der Waals surface area (Å²) in [5, 5.41) is 0. The largest absolute Gasteiger partial charge is 0.342 e. The van der Waals surface area contributed by atoms with E-state index in [2.05, 4.69) is 55.1 Å². The van der Waals surface area contributed by atoms with Crippen molar-refractivity contribution in [1.82, 2.24) is 14.8 Å². The van der Waals surface area contributed by atoms with E-state index >= 15 is 0 Å². The van der Waals surface area contributed by atoms with Crippen molar-refractivity contribution in [3.8, 4) is 0 Å². The van der Waals surface area contributed by atoms with Gasteiger partial charge >= 0.3 is 0 Å². The first kappa shape index (κ1) is 22.5. The second-order valence-electron chi connectivity index (χ2n) is 9.67. The highest BCUT2D eigenvalue weighted by atomic mass is 16.2. The Morgan fingerprint density at radius 1 is 1.06 bits per heavy atom. The van der Waals surface area contributed by atoms with Gasteiger partial charge in [0.2, 0.25) is 0 Å². The minimum atomic E-state index is 0.0874. The fraction of sp³-hybridized carbons (Fsp3) is 0.481. The molecule has 2 aromatic rings. The lowest BCUT2D eigenvalue weighted by molar-refractivity contribution is 0.0790. The average molecular weight is 433 g/mol. The minimum absolute atomic E-state index is 0.0874. The predicted octanol–water partition coefficient (Wildman–Crippen LogP) is 5.13. The molecule has 0 spiro atoms. The van der Waals surface area contributed by atoms with E-state index in [1.807, 2.05) is 36.3 Å². The van der Waals surface area contributed by atoms with Crippen LogP contribution in [0.5, 0.6) is 0 Å². The quantitative estimate of drug-likeness (QED) is 0.608. The molecular weight excluding hydrogens is 396 g/mol. The van der Waals surface area contributed by atoms with Crippen LogP contribution in [-0.2, 0) is 0 Å². The fourth-order valence-electron chi connectivity index (χ4n) is 5.06. The Hall–Kier alpha value is -2.66. The zero-order valence-corrected chi connectivity index (χ0v) is 19.9. The second kappa shape index (κ2) is 9.86. The van der Waals surface area contributed by atoms with Gasteiger partial charge in [0.05, 0.1) is 11.7 Å². The van der Waals surface area contributed by atoms with Gasteiger partial charge in [-0.05, 0) is 101 Å². The number of hydrogen-bond donors (Lipinski definition) is 0. The third kappa shape index (κ3) is 4.88. The van der Waals surface area contributed by atoms with Crippen LogP contribution in [0.15, 0.2) is 59.9 Å². The third-order valence-corrected chi connectivity index (χ3v) is 6.79. The molecule has 0 saturated carbocycles. The molecule has 1 aromatic carbocycles. The SMILES string of the molecule is CC1CCC2=C(C1)CC(c1ccccn1)N2c1ccc(C(=O)N(C)CCCN(C)C)cc1. The van der Waals surface area contributed by atoms with E-state index in [4.69, 9.17) is 4.98 Å². The van der Waals surface area contributed by atoms with Crippen LogP contribution in [0.1, 0.15) is 61.1 Å². The Labute approximate surface area is 192 Å². The van der Waals surface area contributed by atoms with Crippen LogP contribution in [0.25, 0.3) is 0 Å². The third-order valence-electron chi connectivity index (χ3n) is 6.79. The van der Waals surface area contributed by atoms with Gasteiger partial charge in [-0.15, -0.1) is 0 Å². The number of allylic oxidation sites excluding steroid dienone is 1. The van der Waals surface area contributed by atoms with E-state index < -0.39 is 0 Å². The highest BCUT2D eigenvalue weighted by molar-refractivity contribution is 5.94. The summed E-state index contributed by atoms with van der Waals surface area (Å²) < 4.78 is 0. The number of anilines is 1. The van der Waals surface area contributed by atoms with Crippen molar-refractivity contribution in [1.29, 1.82) is 0 Å². The van der Waals surface area contributed by atoms with Crippen LogP contribution in [0, 0.1) is 5.92 Å². The normalized spacial score (nSPS) is 20.6. The zero-order chi connectivity index (χ0) is 22.7. The molecule has 2 aliphatic rings. The first-order valence-corrected chi connectivity index (χ1v) is 11.9. The molecule has 4 rings (SSSR count). The van der Waals surface area contributed by atoms with Crippen molar-refractivity contribution in [2.75, 3.05) is 39.1 Å². The Balaban J connectivity index is 1.54. The molecule has 2 atom stereocenters. The summed E-state index contributed by atoms with van der Waals surface area (Å²) >= 11 is 0. The van der Waals surface area contributed by atoms with Gasteiger partial charge in [-0.25, -0.2) is 0 Å². The van der Waals surface area contributed by atoms with Crippen LogP contribution in [0.2, 0.25) is 0 Å². The standard InChI is InChI=1S/C27H36N4O/c1-20-9-14-25-22(18-20)19-26(24-8-5-6-15-28-24)31(25)23-12-10-21(11-13-23)27(32)30(4)17-7-16-29(2)3/h5-6,8,10-13,15,20,26H,7,9,14,16-19H2,1-4H3. The van der Waals surface area contributed by atoms with Crippen molar-refractivity contribution in [3.05, 3.63) is 71.2 Å². The predicted molar refractivity (Wildman–Crippen MR) is 131 cm³/mol. The molecule has 0 radical (unpaired) electrons. The van der Waals surface area contributed by atoms with Crippen molar-refractivity contribution in [2.45, 2.75) is 45.1 Å². The van der Waals surface area contributed by atoms with Gasteiger partial charge in [-0.3, -0.25) is 9.78 Å². The van der Waals surface area contributed by atoms with E-state index in [-0.39, 0.29) is 11.9 Å². The Bertz CT molecular complexity index is 951. The topological polar surface area (TPSA) is 39.7 Å². The second-order valence-corrected chi connectivity index (χ2v) is 9.67. The van der Waals surface area contributed by atoms with Gasteiger partial charge in [0, 0.05) is 36.7 Å². The number of nitrogens with zero attached hydrogens (tertiary/aromatic N) is 4. The molecule has 0 N–H and O–H groups in total. The van der Waals surface area contributed by atoms with Gasteiger partial charge in [0.1, 0.15) is 0 Å². The lowest BCUT2D eigenvalue weighted by Gasteiger charge is -2.31. The van der Waals surface area contributed by atoms with Crippen molar-refractivity contribution < 1.29 is 4.79 Å². The maximum absolute atomic E-state index is 12.9. The lowest BCUT2D eigenvalue weighted by Crippen LogP contribution is -2.30. The Kier molecular flexibility index (Phi) is 6.95. The van der Waals surface area contributed by atoms with Gasteiger partial charge in [-0.1, -0.05) is 13.0 Å². The highest BCUT2D eigenvalue weighted by Crippen LogP contribution is 2.48. The van der Waals surface area contributed by atoms with E-state index in [0.717, 1.165) is 55.2 Å². The molecule has 0 fully saturated rings. The summed E-state index contributed by atoms with van der Waals surface area (Å²) in [5.74, 6) is 0.838. The van der Waals surface area contributed by atoms with Crippen LogP contribution >= 0.6 is 0 Å². The Morgan fingerprint density at radius 3 is 2.53 bits per heavy atom. The summed E-state index contributed by atoms with van der Waals surface area (Å²) in [4.78, 5) is 24.0. The van der Waals surface area contributed by atoms with Crippen LogP contribution in [0.3, 0.4) is 0 Å². The molecule has 170 valence electrons. The number of amides is 1. The molecule has 1 amide bonds. The molecule has 1 aliphatic heterocycles. The van der Waals surface area contributed by atoms with E-state index in [0.29, 0.717) is 0 Å². The van der Waals surface area contributed by atoms with E-state index in [9.17, 15) is 4.79 Å². The summed E-state index contributed by atoms with van der Waals surface area (Å²) in [6.07, 6.45) is 7.45. The van der Waals surface area contributed by atoms with Crippen molar-refractivity contribution in [2.24, 2.45) is 5.92 Å². The van der Waals surface area contributed by atoms with Gasteiger partial charge in [0.15, 0.2) is 0 Å². The molecule has 5 nitrogen and oxygen atoms in total. The van der Waals surface area contributed by atoms with Crippen LogP contribution in [0.4, 0.5) is 5.69 Å². The molecule has 5 heteroatoms. The van der Waals surface area contributed by atoms with Gasteiger partial charge in [-0.2, -0.15) is 0 Å². The molecule has 32 heavy (non-hydrogen) atoms. The molecule has 2 heterocycles. The van der Waals surface area contributed by atoms with Crippen molar-refractivity contribution in [3.63, 3.8) is 0 Å². The number of hydrogen-bond acceptors (Lipinski definition) is 4. The van der Waals surface area contributed by atoms with E-state index in [1.54, 1.807) is 5.57 Å². The van der Waals surface area contributed by atoms with Crippen molar-refractivity contribution >= 4 is 11.6 Å². The highest BCUT2D eigenvalue weighted by Gasteiger charge is 2.36. The monoisotopic (exact) mass is 432 g/mol. The van der Waals surface area contributed by atoms with Gasteiger partial charge < -0.3 is 14.7 Å². The molecule has 0 saturated heterocycles. The smallest absolute Gasteiger partial charge is 0.253 e. The summed E-state index contributed by atoms with van der Waals surface area (Å²) in [7, 11) is 6.01. The van der Waals surface area contributed by atoms with Crippen LogP contribution in [-0.4, -0.2) is 54.9 Å². The first-order chi connectivity index (χ1) is 15.4. The molecule has 2 unspecified atom stereocenters. The van der Waals surface area contributed by atoms with E-state index in [1.165, 1.54) is 18.5 Å². The summed E-state index contributed by atoms with van der Waals surface area (Å²) in [5.41, 5.74) is 6.09. The maximum atomic E-state index is 12.9. The number of rotatable bonds is 7. The zero-order valence-electron chi connectivity index (χ0n) is 19.9. The first-order valence-electron chi connectivity index (χ1n) is 11.9. The molecule has 1 aliphatic carbocycles. The number of carbonyl (C=O) groups is 1. The van der Waals surface area contributed by atoms with Crippen LogP contribution < -0.4 is 4.90 Å². The molecule has 0 bridgehead atoms. The fourth-order valence-corrected chi connectivity index (χ4v) is 5.06. The Morgan fingerprint density at radius 2 is 1.84 bits per heavy atom. The summed E-state index contributed by atoms with van der Waals surface area (Å²) in [6.45, 7) is 4.11. The molecule has 1 aromatic heterocycles. The number of benzene rings is 1. The lowest BCUT2D eigenvalue weighted by atomic mass is 9.87. The van der Waals surface area contributed by atoms with Gasteiger partial charge in [0.25, 0.3) is 5.91 Å². The minimum Gasteiger partial charge on any atom is -0.342 e. The number of carbonyl (C=O) groups excluding carboxylic acids is 1. The maximum Gasteiger partial charge on any atom is 0.253 e. The average Bonchev–Trinajstić information content (AvgIpc) is 3.17. The number of aromatic nitrogens is 1. The molecular formula is C27H36N4O.